The second-order valence-corrected chi connectivity index (χ2v) is 13.5. The van der Waals surface area contributed by atoms with Crippen molar-refractivity contribution in [1.29, 1.82) is 0 Å². The first-order valence-corrected chi connectivity index (χ1v) is 17.3. The SMILES string of the molecule is Fc1c(F)c(F)c([B-](c2c(F)c(F)c(F)c(F)c2F)(c2c(F)c(F)c(F)c(F)c2F)c2c(F)c(F)c(F)c(F)c2F)c(F)c1F.O=C(C[n+]1cc(F)c2ccccc2c1)c1ccccc1. The third kappa shape index (κ3) is 7.46. The van der Waals surface area contributed by atoms with E-state index in [1.807, 2.05) is 30.3 Å². The lowest BCUT2D eigenvalue weighted by molar-refractivity contribution is -0.683. The van der Waals surface area contributed by atoms with Crippen molar-refractivity contribution >= 4 is 44.6 Å². The number of fused-ring (bicyclic) bond motifs is 1. The van der Waals surface area contributed by atoms with Gasteiger partial charge < -0.3 is 0 Å². The highest BCUT2D eigenvalue weighted by Gasteiger charge is 2.52. The maximum atomic E-state index is 15.4. The van der Waals surface area contributed by atoms with Crippen molar-refractivity contribution in [1.82, 2.24) is 0 Å². The average Bonchev–Trinajstić information content (AvgIpc) is 3.29. The summed E-state index contributed by atoms with van der Waals surface area (Å²) in [6, 6.07) is 16.2. The van der Waals surface area contributed by atoms with Gasteiger partial charge in [-0.3, -0.25) is 4.79 Å². The molecule has 2 nitrogen and oxygen atoms in total. The van der Waals surface area contributed by atoms with Gasteiger partial charge in [-0.2, -0.15) is 8.96 Å². The fourth-order valence-electron chi connectivity index (χ4n) is 7.10. The molecule has 65 heavy (non-hydrogen) atoms. The van der Waals surface area contributed by atoms with E-state index in [1.165, 1.54) is 6.20 Å². The highest BCUT2D eigenvalue weighted by molar-refractivity contribution is 7.20. The zero-order valence-electron chi connectivity index (χ0n) is 30.9. The van der Waals surface area contributed by atoms with E-state index in [1.54, 1.807) is 35.0 Å². The van der Waals surface area contributed by atoms with E-state index >= 15 is 35.1 Å². The van der Waals surface area contributed by atoms with Crippen LogP contribution in [0.25, 0.3) is 10.8 Å². The van der Waals surface area contributed by atoms with Crippen LogP contribution < -0.4 is 26.4 Å². The maximum Gasteiger partial charge on any atom is 0.227 e. The van der Waals surface area contributed by atoms with Crippen LogP contribution in [-0.2, 0) is 6.54 Å². The van der Waals surface area contributed by atoms with E-state index in [0.717, 1.165) is 5.39 Å². The molecular weight excluding hydrogens is 932 g/mol. The number of hydrogen-bond acceptors (Lipinski definition) is 1. The van der Waals surface area contributed by atoms with Crippen molar-refractivity contribution in [2.45, 2.75) is 6.54 Å². The minimum Gasteiger partial charge on any atom is -0.287 e. The van der Waals surface area contributed by atoms with Gasteiger partial charge in [-0.05, 0) is 6.07 Å². The second kappa shape index (κ2) is 17.5. The van der Waals surface area contributed by atoms with Gasteiger partial charge in [-0.25, -0.2) is 87.8 Å². The molecule has 0 radical (unpaired) electrons. The van der Waals surface area contributed by atoms with Gasteiger partial charge in [0.2, 0.25) is 18.5 Å². The number of benzene rings is 6. The lowest BCUT2D eigenvalue weighted by Crippen LogP contribution is -2.81. The van der Waals surface area contributed by atoms with E-state index < -0.39 is 144 Å². The lowest BCUT2D eigenvalue weighted by Gasteiger charge is -2.44. The van der Waals surface area contributed by atoms with Gasteiger partial charge in [-0.15, -0.1) is 21.9 Å². The van der Waals surface area contributed by atoms with E-state index in [0.29, 0.717) is 10.9 Å². The fraction of sp³-hybridized carbons (Fsp3) is 0.0244. The molecule has 0 fully saturated rings. The van der Waals surface area contributed by atoms with Crippen LogP contribution in [0.4, 0.5) is 92.2 Å². The molecule has 0 N–H and O–H groups in total. The summed E-state index contributed by atoms with van der Waals surface area (Å²) in [4.78, 5) is 12.1. The molecule has 0 bridgehead atoms. The Morgan fingerprint density at radius 3 is 0.954 bits per heavy atom. The van der Waals surface area contributed by atoms with Crippen LogP contribution in [0.1, 0.15) is 10.4 Å². The highest BCUT2D eigenvalue weighted by Crippen LogP contribution is 2.31. The summed E-state index contributed by atoms with van der Waals surface area (Å²) in [6.45, 7) is 0.131. The molecule has 0 amide bonds. The number of halogens is 21. The Morgan fingerprint density at radius 2 is 0.631 bits per heavy atom. The third-order valence-corrected chi connectivity index (χ3v) is 9.93. The van der Waals surface area contributed by atoms with Crippen molar-refractivity contribution in [3.05, 3.63) is 195 Å². The van der Waals surface area contributed by atoms with Crippen molar-refractivity contribution in [3.63, 3.8) is 0 Å². The number of nitrogens with zero attached hydrogens (tertiary/aromatic N) is 1. The molecule has 0 unspecified atom stereocenters. The Kier molecular flexibility index (Phi) is 12.8. The first kappa shape index (κ1) is 47.5. The quantitative estimate of drug-likeness (QED) is 0.0391. The van der Waals surface area contributed by atoms with Crippen LogP contribution in [0.15, 0.2) is 67.0 Å². The van der Waals surface area contributed by atoms with Gasteiger partial charge in [0.1, 0.15) is 52.7 Å². The number of hydrogen-bond donors (Lipinski definition) is 0. The molecule has 7 rings (SSSR count). The van der Waals surface area contributed by atoms with E-state index in [2.05, 4.69) is 0 Å². The van der Waals surface area contributed by atoms with Crippen molar-refractivity contribution in [2.24, 2.45) is 0 Å². The molecule has 0 saturated carbocycles. The molecular formula is C41H13BF21NO. The van der Waals surface area contributed by atoms with Gasteiger partial charge in [0.25, 0.3) is 0 Å². The van der Waals surface area contributed by atoms with Crippen molar-refractivity contribution in [3.8, 4) is 0 Å². The van der Waals surface area contributed by atoms with Gasteiger partial charge in [0.15, 0.2) is 81.8 Å². The number of aromatic nitrogens is 1. The number of Topliss-reactive ketones (excluding diaryl/α,β-unsaturated/α-hetero) is 1. The summed E-state index contributed by atoms with van der Waals surface area (Å²) in [5.41, 5.74) is -13.7. The van der Waals surface area contributed by atoms with Crippen molar-refractivity contribution in [2.75, 3.05) is 0 Å². The average molecular weight is 945 g/mol. The molecule has 0 saturated heterocycles. The second-order valence-electron chi connectivity index (χ2n) is 13.5. The predicted molar refractivity (Wildman–Crippen MR) is 184 cm³/mol. The van der Waals surface area contributed by atoms with Crippen LogP contribution in [0, 0.1) is 122 Å². The number of carbonyl (C=O) groups excluding carboxylic acids is 1. The predicted octanol–water partition coefficient (Wildman–Crippen LogP) is 9.00. The van der Waals surface area contributed by atoms with Crippen LogP contribution in [-0.4, -0.2) is 11.9 Å². The Hall–Kier alpha value is -7.01. The number of rotatable bonds is 7. The topological polar surface area (TPSA) is 20.9 Å². The Bertz CT molecular complexity index is 2730. The zero-order valence-corrected chi connectivity index (χ0v) is 30.9. The summed E-state index contributed by atoms with van der Waals surface area (Å²) in [5, 5.41) is 1.35. The van der Waals surface area contributed by atoms with Crippen LogP contribution in [0.5, 0.6) is 0 Å². The molecule has 24 heteroatoms. The number of carbonyl (C=O) groups is 1. The summed E-state index contributed by atoms with van der Waals surface area (Å²) in [7, 11) is 0. The minimum atomic E-state index is -7.22. The summed E-state index contributed by atoms with van der Waals surface area (Å²) in [6.07, 6.45) is -4.06. The highest BCUT2D eigenvalue weighted by atomic mass is 19.2. The van der Waals surface area contributed by atoms with E-state index in [-0.39, 0.29) is 18.1 Å². The number of pyridine rings is 1. The van der Waals surface area contributed by atoms with Crippen LogP contribution in [0.2, 0.25) is 0 Å². The van der Waals surface area contributed by atoms with E-state index in [9.17, 15) is 61.9 Å². The Labute approximate surface area is 347 Å². The summed E-state index contributed by atoms with van der Waals surface area (Å²) in [5.74, 6) is -71.8. The largest absolute Gasteiger partial charge is 0.287 e. The molecule has 0 atom stereocenters. The normalized spacial score (nSPS) is 11.6. The molecule has 0 aliphatic rings. The smallest absolute Gasteiger partial charge is 0.227 e. The Morgan fingerprint density at radius 1 is 0.354 bits per heavy atom. The molecule has 0 aliphatic carbocycles. The molecule has 0 spiro atoms. The maximum absolute atomic E-state index is 15.4. The molecule has 1 heterocycles. The molecule has 6 aromatic carbocycles. The molecule has 338 valence electrons. The lowest BCUT2D eigenvalue weighted by atomic mass is 9.12. The summed E-state index contributed by atoms with van der Waals surface area (Å²) >= 11 is 0. The zero-order chi connectivity index (χ0) is 48.3. The monoisotopic (exact) mass is 945 g/mol. The standard InChI is InChI=1S/C24BF20.C17H13FNO/c26-5-1(6(27)14(35)21(42)13(5)34)25(2-7(28)15(36)22(43)16(37)8(2)29,3-9(30)17(38)23(44)18(39)10(3)31)4-11(32)19(40)24(45)20(41)12(4)33;18-16-11-19(10-14-8-4-5-9-15(14)16)12-17(20)13-6-2-1-3-7-13/h;1-11H,12H2/q-1;+1. The van der Waals surface area contributed by atoms with Gasteiger partial charge in [0.05, 0.1) is 0 Å². The minimum absolute atomic E-state index is 0.0368. The van der Waals surface area contributed by atoms with Crippen molar-refractivity contribution < 1.29 is 102 Å². The van der Waals surface area contributed by atoms with Crippen LogP contribution in [0.3, 0.4) is 0 Å². The fourth-order valence-corrected chi connectivity index (χ4v) is 7.10. The summed E-state index contributed by atoms with van der Waals surface area (Å²) < 4.78 is 310. The van der Waals surface area contributed by atoms with Gasteiger partial charge in [0, 0.05) is 16.3 Å². The number of ketones is 1. The molecule has 1 aromatic heterocycles. The van der Waals surface area contributed by atoms with Crippen LogP contribution >= 0.6 is 0 Å². The third-order valence-electron chi connectivity index (χ3n) is 9.93. The first-order chi connectivity index (χ1) is 30.4. The Balaban J connectivity index is 0.000000289. The van der Waals surface area contributed by atoms with E-state index in [4.69, 9.17) is 0 Å². The van der Waals surface area contributed by atoms with Gasteiger partial charge >= 0.3 is 0 Å². The first-order valence-electron chi connectivity index (χ1n) is 17.3. The molecule has 7 aromatic rings. The molecule has 0 aliphatic heterocycles. The van der Waals surface area contributed by atoms with Gasteiger partial charge in [-0.1, -0.05) is 48.5 Å².